The zero-order valence-corrected chi connectivity index (χ0v) is 16.1. The molecule has 2 heterocycles. The molecule has 0 atom stereocenters. The van der Waals surface area contributed by atoms with E-state index in [4.69, 9.17) is 4.42 Å². The highest BCUT2D eigenvalue weighted by Crippen LogP contribution is 2.32. The van der Waals surface area contributed by atoms with Crippen LogP contribution in [0.4, 0.5) is 0 Å². The Labute approximate surface area is 163 Å². The minimum absolute atomic E-state index is 0.0488. The van der Waals surface area contributed by atoms with Gasteiger partial charge in [0.05, 0.1) is 10.9 Å². The van der Waals surface area contributed by atoms with Gasteiger partial charge in [0.1, 0.15) is 5.58 Å². The van der Waals surface area contributed by atoms with Crippen LogP contribution in [0, 0.1) is 0 Å². The van der Waals surface area contributed by atoms with Crippen molar-refractivity contribution in [3.63, 3.8) is 0 Å². The second-order valence-electron chi connectivity index (χ2n) is 6.75. The van der Waals surface area contributed by atoms with Gasteiger partial charge in [-0.3, -0.25) is 4.79 Å². The lowest BCUT2D eigenvalue weighted by atomic mass is 10.1. The highest BCUT2D eigenvalue weighted by molar-refractivity contribution is 7.99. The van der Waals surface area contributed by atoms with Gasteiger partial charge in [0.25, 0.3) is 0 Å². The van der Waals surface area contributed by atoms with Crippen molar-refractivity contribution in [1.82, 2.24) is 10.2 Å². The van der Waals surface area contributed by atoms with E-state index in [9.17, 15) is 4.79 Å². The van der Waals surface area contributed by atoms with Gasteiger partial charge in [0.15, 0.2) is 5.09 Å². The lowest BCUT2D eigenvalue weighted by molar-refractivity contribution is 0.242. The molecular weight excluding hydrogens is 356 g/mol. The van der Waals surface area contributed by atoms with Gasteiger partial charge in [-0.1, -0.05) is 54.2 Å². The smallest absolute Gasteiger partial charge is 0.201 e. The van der Waals surface area contributed by atoms with E-state index in [1.54, 1.807) is 11.8 Å². The van der Waals surface area contributed by atoms with Gasteiger partial charge < -0.3 is 14.6 Å². The van der Waals surface area contributed by atoms with Crippen LogP contribution in [0.3, 0.4) is 0 Å². The first kappa shape index (κ1) is 18.3. The van der Waals surface area contributed by atoms with Crippen molar-refractivity contribution >= 4 is 22.7 Å². The van der Waals surface area contributed by atoms with Crippen molar-refractivity contribution in [2.45, 2.75) is 11.5 Å². The van der Waals surface area contributed by atoms with Crippen LogP contribution in [0.2, 0.25) is 0 Å². The summed E-state index contributed by atoms with van der Waals surface area (Å²) in [6, 6.07) is 17.3. The third-order valence-electron chi connectivity index (χ3n) is 4.89. The molecule has 4 nitrogen and oxygen atoms in total. The summed E-state index contributed by atoms with van der Waals surface area (Å²) in [5.41, 5.74) is 2.31. The molecule has 1 fully saturated rings. The number of piperazine rings is 1. The summed E-state index contributed by atoms with van der Waals surface area (Å²) >= 11 is 1.65. The Morgan fingerprint density at radius 2 is 1.74 bits per heavy atom. The minimum Gasteiger partial charge on any atom is -0.449 e. The third kappa shape index (κ3) is 4.26. The standard InChI is InChI=1S/C22H24N2O2S/c25-21-18-9-4-5-10-19(18)26-22(20(21)17-7-2-1-3-8-17)27-16-6-13-24-14-11-23-12-15-24/h1-5,7-10,23H,6,11-16H2. The summed E-state index contributed by atoms with van der Waals surface area (Å²) in [6.07, 6.45) is 1.08. The average molecular weight is 381 g/mol. The molecule has 0 amide bonds. The average Bonchev–Trinajstić information content (AvgIpc) is 2.73. The summed E-state index contributed by atoms with van der Waals surface area (Å²) in [4.78, 5) is 15.6. The van der Waals surface area contributed by atoms with Crippen molar-refractivity contribution in [2.24, 2.45) is 0 Å². The molecule has 1 saturated heterocycles. The number of thioether (sulfide) groups is 1. The van der Waals surface area contributed by atoms with E-state index < -0.39 is 0 Å². The molecule has 1 aromatic heterocycles. The van der Waals surface area contributed by atoms with E-state index in [1.807, 2.05) is 54.6 Å². The highest BCUT2D eigenvalue weighted by Gasteiger charge is 2.17. The van der Waals surface area contributed by atoms with Crippen LogP contribution in [0.15, 0.2) is 68.9 Å². The van der Waals surface area contributed by atoms with Crippen LogP contribution >= 0.6 is 11.8 Å². The largest absolute Gasteiger partial charge is 0.449 e. The zero-order chi connectivity index (χ0) is 18.5. The van der Waals surface area contributed by atoms with E-state index in [-0.39, 0.29) is 5.43 Å². The predicted octanol–water partition coefficient (Wildman–Crippen LogP) is 3.85. The second-order valence-corrected chi connectivity index (χ2v) is 7.82. The van der Waals surface area contributed by atoms with Crippen molar-refractivity contribution in [3.05, 3.63) is 64.8 Å². The van der Waals surface area contributed by atoms with Gasteiger partial charge in [0.2, 0.25) is 5.43 Å². The van der Waals surface area contributed by atoms with E-state index >= 15 is 0 Å². The Bertz CT molecular complexity index is 949. The quantitative estimate of drug-likeness (QED) is 0.520. The molecule has 4 rings (SSSR count). The van der Waals surface area contributed by atoms with Gasteiger partial charge in [-0.2, -0.15) is 0 Å². The predicted molar refractivity (Wildman–Crippen MR) is 113 cm³/mol. The first-order chi connectivity index (χ1) is 13.3. The molecule has 0 spiro atoms. The Hall–Kier alpha value is -2.08. The van der Waals surface area contributed by atoms with E-state index in [0.717, 1.165) is 55.6 Å². The maximum absolute atomic E-state index is 13.1. The second kappa shape index (κ2) is 8.74. The van der Waals surface area contributed by atoms with Gasteiger partial charge in [-0.15, -0.1) is 0 Å². The number of rotatable bonds is 6. The zero-order valence-electron chi connectivity index (χ0n) is 15.3. The van der Waals surface area contributed by atoms with Crippen molar-refractivity contribution in [2.75, 3.05) is 38.5 Å². The molecule has 140 valence electrons. The lowest BCUT2D eigenvalue weighted by Crippen LogP contribution is -2.43. The SMILES string of the molecule is O=c1c(-c2ccccc2)c(SCCCN2CCNCC2)oc2ccccc12. The molecule has 1 N–H and O–H groups in total. The Balaban J connectivity index is 1.57. The summed E-state index contributed by atoms with van der Waals surface area (Å²) in [7, 11) is 0. The number of nitrogens with one attached hydrogen (secondary N) is 1. The van der Waals surface area contributed by atoms with Crippen LogP contribution in [0.25, 0.3) is 22.1 Å². The first-order valence-electron chi connectivity index (χ1n) is 9.50. The number of nitrogens with zero attached hydrogens (tertiary/aromatic N) is 1. The molecule has 0 bridgehead atoms. The highest BCUT2D eigenvalue weighted by atomic mass is 32.2. The van der Waals surface area contributed by atoms with Gasteiger partial charge in [0, 0.05) is 31.9 Å². The first-order valence-corrected chi connectivity index (χ1v) is 10.5. The molecule has 0 radical (unpaired) electrons. The summed E-state index contributed by atoms with van der Waals surface area (Å²) in [5.74, 6) is 0.936. The number of hydrogen-bond acceptors (Lipinski definition) is 5. The fourth-order valence-electron chi connectivity index (χ4n) is 3.46. The van der Waals surface area contributed by atoms with Crippen LogP contribution in [0.5, 0.6) is 0 Å². The molecule has 1 aliphatic heterocycles. The third-order valence-corrected chi connectivity index (χ3v) is 5.93. The van der Waals surface area contributed by atoms with Crippen molar-refractivity contribution < 1.29 is 4.42 Å². The molecule has 27 heavy (non-hydrogen) atoms. The van der Waals surface area contributed by atoms with E-state index in [2.05, 4.69) is 10.2 Å². The van der Waals surface area contributed by atoms with Crippen molar-refractivity contribution in [3.8, 4) is 11.1 Å². The van der Waals surface area contributed by atoms with Crippen LogP contribution < -0.4 is 10.7 Å². The molecule has 1 aliphatic rings. The molecular formula is C22H24N2O2S. The maximum Gasteiger partial charge on any atom is 0.201 e. The number of fused-ring (bicyclic) bond motifs is 1. The van der Waals surface area contributed by atoms with Crippen LogP contribution in [0.1, 0.15) is 6.42 Å². The molecule has 0 unspecified atom stereocenters. The fraction of sp³-hybridized carbons (Fsp3) is 0.318. The lowest BCUT2D eigenvalue weighted by Gasteiger charge is -2.26. The molecule has 0 aliphatic carbocycles. The van der Waals surface area contributed by atoms with Gasteiger partial charge >= 0.3 is 0 Å². The maximum atomic E-state index is 13.1. The van der Waals surface area contributed by atoms with Crippen molar-refractivity contribution in [1.29, 1.82) is 0 Å². The van der Waals surface area contributed by atoms with Gasteiger partial charge in [-0.05, 0) is 30.7 Å². The van der Waals surface area contributed by atoms with E-state index in [0.29, 0.717) is 16.5 Å². The molecule has 2 aromatic carbocycles. The van der Waals surface area contributed by atoms with Crippen LogP contribution in [-0.4, -0.2) is 43.4 Å². The normalized spacial score (nSPS) is 15.3. The summed E-state index contributed by atoms with van der Waals surface area (Å²) < 4.78 is 6.16. The Morgan fingerprint density at radius 1 is 1.00 bits per heavy atom. The van der Waals surface area contributed by atoms with Gasteiger partial charge in [-0.25, -0.2) is 0 Å². The molecule has 0 saturated carbocycles. The summed E-state index contributed by atoms with van der Waals surface area (Å²) in [6.45, 7) is 5.47. The summed E-state index contributed by atoms with van der Waals surface area (Å²) in [5, 5.41) is 4.75. The Morgan fingerprint density at radius 3 is 2.56 bits per heavy atom. The monoisotopic (exact) mass is 380 g/mol. The number of benzene rings is 2. The van der Waals surface area contributed by atoms with Crippen LogP contribution in [-0.2, 0) is 0 Å². The van der Waals surface area contributed by atoms with E-state index in [1.165, 1.54) is 0 Å². The molecule has 3 aromatic rings. The number of hydrogen-bond donors (Lipinski definition) is 1. The topological polar surface area (TPSA) is 45.5 Å². The molecule has 5 heteroatoms. The number of para-hydroxylation sites is 1. The Kier molecular flexibility index (Phi) is 5.92. The minimum atomic E-state index is 0.0488. The fourth-order valence-corrected chi connectivity index (χ4v) is 4.43.